The number of pyridine rings is 1. The minimum atomic E-state index is -0.0958. The zero-order chi connectivity index (χ0) is 19.5. The number of carbonyl (C=O) groups excluding carboxylic acids is 1. The van der Waals surface area contributed by atoms with Crippen molar-refractivity contribution in [2.45, 2.75) is 39.0 Å². The van der Waals surface area contributed by atoms with Crippen molar-refractivity contribution < 1.29 is 9.32 Å². The lowest BCUT2D eigenvalue weighted by atomic mass is 9.97. The van der Waals surface area contributed by atoms with Gasteiger partial charge in [0.1, 0.15) is 24.2 Å². The van der Waals surface area contributed by atoms with E-state index in [-0.39, 0.29) is 11.8 Å². The Hall–Kier alpha value is -3.10. The Morgan fingerprint density at radius 1 is 1.25 bits per heavy atom. The Morgan fingerprint density at radius 2 is 2.07 bits per heavy atom. The molecule has 4 rings (SSSR count). The van der Waals surface area contributed by atoms with Crippen LogP contribution in [0.1, 0.15) is 54.8 Å². The van der Waals surface area contributed by atoms with E-state index in [1.807, 2.05) is 17.0 Å². The maximum atomic E-state index is 13.0. The minimum Gasteiger partial charge on any atom is -0.339 e. The van der Waals surface area contributed by atoms with Gasteiger partial charge in [-0.05, 0) is 30.9 Å². The Balaban J connectivity index is 1.48. The summed E-state index contributed by atoms with van der Waals surface area (Å²) in [6, 6.07) is 5.36. The van der Waals surface area contributed by atoms with Crippen LogP contribution in [0.25, 0.3) is 5.82 Å². The largest absolute Gasteiger partial charge is 0.339 e. The van der Waals surface area contributed by atoms with Crippen molar-refractivity contribution >= 4 is 5.91 Å². The molecule has 146 valence electrons. The van der Waals surface area contributed by atoms with Gasteiger partial charge >= 0.3 is 0 Å². The smallest absolute Gasteiger partial charge is 0.272 e. The molecule has 0 bridgehead atoms. The van der Waals surface area contributed by atoms with Crippen molar-refractivity contribution in [1.82, 2.24) is 34.8 Å². The van der Waals surface area contributed by atoms with E-state index >= 15 is 0 Å². The highest BCUT2D eigenvalue weighted by atomic mass is 16.5. The molecule has 4 heterocycles. The SMILES string of the molecule is CC(C)Cc1noc(C2CCCN(C(=O)c3cccc(-n4cnnc4)n3)C2)n1. The molecule has 0 radical (unpaired) electrons. The van der Waals surface area contributed by atoms with E-state index < -0.39 is 0 Å². The van der Waals surface area contributed by atoms with Crippen LogP contribution in [0.3, 0.4) is 0 Å². The second-order valence-corrected chi connectivity index (χ2v) is 7.49. The second-order valence-electron chi connectivity index (χ2n) is 7.49. The van der Waals surface area contributed by atoms with Crippen LogP contribution in [-0.4, -0.2) is 53.8 Å². The van der Waals surface area contributed by atoms with Gasteiger partial charge in [0, 0.05) is 19.5 Å². The third kappa shape index (κ3) is 3.92. The summed E-state index contributed by atoms with van der Waals surface area (Å²) in [5.74, 6) is 2.41. The van der Waals surface area contributed by atoms with E-state index in [0.717, 1.165) is 25.1 Å². The van der Waals surface area contributed by atoms with Gasteiger partial charge in [-0.15, -0.1) is 10.2 Å². The van der Waals surface area contributed by atoms with Crippen LogP contribution in [0.4, 0.5) is 0 Å². The average molecular weight is 381 g/mol. The maximum Gasteiger partial charge on any atom is 0.272 e. The quantitative estimate of drug-likeness (QED) is 0.668. The van der Waals surface area contributed by atoms with E-state index in [1.54, 1.807) is 23.3 Å². The first-order chi connectivity index (χ1) is 13.6. The summed E-state index contributed by atoms with van der Waals surface area (Å²) in [6.07, 6.45) is 5.72. The van der Waals surface area contributed by atoms with Crippen molar-refractivity contribution in [3.8, 4) is 5.82 Å². The van der Waals surface area contributed by atoms with Crippen molar-refractivity contribution in [2.75, 3.05) is 13.1 Å². The summed E-state index contributed by atoms with van der Waals surface area (Å²) < 4.78 is 7.15. The van der Waals surface area contributed by atoms with Gasteiger partial charge < -0.3 is 9.42 Å². The van der Waals surface area contributed by atoms with Crippen LogP contribution in [0.2, 0.25) is 0 Å². The van der Waals surface area contributed by atoms with Crippen molar-refractivity contribution in [2.24, 2.45) is 5.92 Å². The lowest BCUT2D eigenvalue weighted by Crippen LogP contribution is -2.39. The van der Waals surface area contributed by atoms with Crippen LogP contribution in [0, 0.1) is 5.92 Å². The fourth-order valence-electron chi connectivity index (χ4n) is 3.41. The Labute approximate surface area is 162 Å². The average Bonchev–Trinajstić information content (AvgIpc) is 3.39. The topological polar surface area (TPSA) is 103 Å². The van der Waals surface area contributed by atoms with Gasteiger partial charge in [0.2, 0.25) is 5.89 Å². The number of piperidine rings is 1. The molecule has 0 saturated carbocycles. The molecule has 3 aromatic heterocycles. The molecule has 9 nitrogen and oxygen atoms in total. The first-order valence-electron chi connectivity index (χ1n) is 9.54. The molecular formula is C19H23N7O2. The molecule has 3 aromatic rings. The summed E-state index contributed by atoms with van der Waals surface area (Å²) in [7, 11) is 0. The number of hydrogen-bond acceptors (Lipinski definition) is 7. The lowest BCUT2D eigenvalue weighted by Gasteiger charge is -2.30. The summed E-state index contributed by atoms with van der Waals surface area (Å²) >= 11 is 0. The molecular weight excluding hydrogens is 358 g/mol. The standard InChI is InChI=1S/C19H23N7O2/c1-13(2)9-16-23-18(28-24-16)14-5-4-8-25(10-14)19(27)15-6-3-7-17(22-15)26-11-20-21-12-26/h3,6-7,11-14H,4-5,8-10H2,1-2H3. The van der Waals surface area contributed by atoms with E-state index in [9.17, 15) is 4.79 Å². The summed E-state index contributed by atoms with van der Waals surface area (Å²) in [4.78, 5) is 23.8. The van der Waals surface area contributed by atoms with Gasteiger partial charge in [0.05, 0.1) is 5.92 Å². The maximum absolute atomic E-state index is 13.0. The number of likely N-dealkylation sites (tertiary alicyclic amines) is 1. The molecule has 28 heavy (non-hydrogen) atoms. The van der Waals surface area contributed by atoms with E-state index in [1.165, 1.54) is 0 Å². The lowest BCUT2D eigenvalue weighted by molar-refractivity contribution is 0.0689. The third-order valence-corrected chi connectivity index (χ3v) is 4.77. The minimum absolute atomic E-state index is 0.0622. The predicted octanol–water partition coefficient (Wildman–Crippen LogP) is 2.26. The zero-order valence-corrected chi connectivity index (χ0v) is 16.0. The number of rotatable bonds is 5. The molecule has 1 unspecified atom stereocenters. The highest BCUT2D eigenvalue weighted by Gasteiger charge is 2.29. The molecule has 1 fully saturated rings. The van der Waals surface area contributed by atoms with Crippen molar-refractivity contribution in [3.05, 3.63) is 48.3 Å². The molecule has 9 heteroatoms. The number of hydrogen-bond donors (Lipinski definition) is 0. The van der Waals surface area contributed by atoms with Gasteiger partial charge in [0.25, 0.3) is 5.91 Å². The Kier molecular flexibility index (Phi) is 5.14. The Bertz CT molecular complexity index is 935. The fourth-order valence-corrected chi connectivity index (χ4v) is 3.41. The van der Waals surface area contributed by atoms with Gasteiger partial charge in [-0.1, -0.05) is 25.1 Å². The molecule has 1 aliphatic heterocycles. The Morgan fingerprint density at radius 3 is 2.86 bits per heavy atom. The molecule has 0 aliphatic carbocycles. The normalized spacial score (nSPS) is 17.2. The first kappa shape index (κ1) is 18.3. The van der Waals surface area contributed by atoms with Crippen LogP contribution < -0.4 is 0 Å². The highest BCUT2D eigenvalue weighted by Crippen LogP contribution is 2.27. The number of nitrogens with zero attached hydrogens (tertiary/aromatic N) is 7. The van der Waals surface area contributed by atoms with E-state index in [4.69, 9.17) is 4.52 Å². The van der Waals surface area contributed by atoms with Gasteiger partial charge in [0.15, 0.2) is 5.82 Å². The monoisotopic (exact) mass is 381 g/mol. The number of carbonyl (C=O) groups is 1. The van der Waals surface area contributed by atoms with Crippen molar-refractivity contribution in [3.63, 3.8) is 0 Å². The van der Waals surface area contributed by atoms with Crippen LogP contribution in [0.15, 0.2) is 35.4 Å². The van der Waals surface area contributed by atoms with Gasteiger partial charge in [-0.25, -0.2) is 4.98 Å². The zero-order valence-electron chi connectivity index (χ0n) is 16.0. The molecule has 1 atom stereocenters. The summed E-state index contributed by atoms with van der Waals surface area (Å²) in [5.41, 5.74) is 0.401. The molecule has 1 amide bonds. The van der Waals surface area contributed by atoms with Gasteiger partial charge in [-0.3, -0.25) is 9.36 Å². The number of aromatic nitrogens is 6. The second kappa shape index (κ2) is 7.87. The predicted molar refractivity (Wildman–Crippen MR) is 99.9 cm³/mol. The first-order valence-corrected chi connectivity index (χ1v) is 9.54. The van der Waals surface area contributed by atoms with Crippen LogP contribution >= 0.6 is 0 Å². The van der Waals surface area contributed by atoms with Crippen molar-refractivity contribution in [1.29, 1.82) is 0 Å². The van der Waals surface area contributed by atoms with E-state index in [2.05, 4.69) is 39.2 Å². The molecule has 0 N–H and O–H groups in total. The third-order valence-electron chi connectivity index (χ3n) is 4.77. The highest BCUT2D eigenvalue weighted by molar-refractivity contribution is 5.92. The number of amides is 1. The molecule has 1 saturated heterocycles. The fraction of sp³-hybridized carbons (Fsp3) is 0.474. The summed E-state index contributed by atoms with van der Waals surface area (Å²) in [6.45, 7) is 5.50. The van der Waals surface area contributed by atoms with Crippen LogP contribution in [-0.2, 0) is 6.42 Å². The molecule has 0 aromatic carbocycles. The summed E-state index contributed by atoms with van der Waals surface area (Å²) in [5, 5.41) is 11.6. The van der Waals surface area contributed by atoms with Crippen LogP contribution in [0.5, 0.6) is 0 Å². The molecule has 0 spiro atoms. The molecule has 1 aliphatic rings. The van der Waals surface area contributed by atoms with E-state index in [0.29, 0.717) is 36.4 Å². The van der Waals surface area contributed by atoms with Gasteiger partial charge in [-0.2, -0.15) is 4.98 Å².